The van der Waals surface area contributed by atoms with E-state index >= 15 is 0 Å². The number of hydrogen-bond acceptors (Lipinski definition) is 9. The number of carboxylic acid groups (broad SMARTS) is 1. The minimum atomic E-state index is -5.39. The molecule has 0 aliphatic carbocycles. The molecule has 15 heteroatoms. The summed E-state index contributed by atoms with van der Waals surface area (Å²) < 4.78 is 17.1. The maximum atomic E-state index is 9.00. The van der Waals surface area contributed by atoms with E-state index in [4.69, 9.17) is 48.4 Å². The second-order valence-electron chi connectivity index (χ2n) is 1.41. The molecule has 0 saturated heterocycles. The van der Waals surface area contributed by atoms with Crippen LogP contribution in [0.25, 0.3) is 0 Å². The zero-order valence-electron chi connectivity index (χ0n) is 8.64. The molecule has 0 radical (unpaired) electrons. The topological polar surface area (TPSA) is 210 Å². The molecule has 0 aliphatic rings. The average Bonchev–Trinajstić information content (AvgIpc) is 1.45. The van der Waals surface area contributed by atoms with Crippen molar-refractivity contribution in [1.82, 2.24) is 0 Å². The standard InChI is InChI=1S/C2H4O2.Ca.2Mg.2H3O4P/c1-2(3)4;;;;2*1-5(2,3)4/h1H3,(H,3,4);;;;2*(H3,1,2,3,4)/q;3*+2;;/p-6. The molecule has 0 aliphatic heterocycles. The van der Waals surface area contributed by atoms with E-state index in [1.165, 1.54) is 0 Å². The van der Waals surface area contributed by atoms with Crippen molar-refractivity contribution in [2.45, 2.75) is 6.92 Å². The second kappa shape index (κ2) is 18.5. The predicted molar refractivity (Wildman–Crippen MR) is 45.8 cm³/mol. The Balaban J connectivity index is -0.0000000247. The third-order valence-electron chi connectivity index (χ3n) is 0. The molecule has 0 aromatic carbocycles. The Hall–Kier alpha value is 2.48. The Bertz CT molecular complexity index is 206. The van der Waals surface area contributed by atoms with Gasteiger partial charge in [0.1, 0.15) is 0 Å². The Morgan fingerprint density at radius 3 is 0.882 bits per heavy atom. The molecule has 0 saturated carbocycles. The van der Waals surface area contributed by atoms with Crippen LogP contribution < -0.4 is 29.4 Å². The molecular formula is C2H4CaMg2O10P2. The summed E-state index contributed by atoms with van der Waals surface area (Å²) in [6, 6.07) is 0. The van der Waals surface area contributed by atoms with Crippen molar-refractivity contribution in [3.05, 3.63) is 0 Å². The third-order valence-corrected chi connectivity index (χ3v) is 0. The molecule has 0 amide bonds. The van der Waals surface area contributed by atoms with Crippen molar-refractivity contribution in [1.29, 1.82) is 0 Å². The van der Waals surface area contributed by atoms with Crippen molar-refractivity contribution in [2.24, 2.45) is 0 Å². The molecule has 10 nitrogen and oxygen atoms in total. The summed E-state index contributed by atoms with van der Waals surface area (Å²) in [5.74, 6) is -0.833. The molecule has 0 rings (SSSR count). The van der Waals surface area contributed by atoms with Crippen LogP contribution in [0.4, 0.5) is 0 Å². The average molecular weight is 339 g/mol. The van der Waals surface area contributed by atoms with Crippen molar-refractivity contribution in [3.63, 3.8) is 0 Å². The van der Waals surface area contributed by atoms with Gasteiger partial charge in [0.2, 0.25) is 0 Å². The number of aliphatic carboxylic acids is 1. The largest absolute Gasteiger partial charge is 2.00 e. The number of phosphoric acid groups is 2. The van der Waals surface area contributed by atoms with E-state index in [0.29, 0.717) is 0 Å². The van der Waals surface area contributed by atoms with Crippen LogP contribution in [0.3, 0.4) is 0 Å². The molecule has 0 spiro atoms. The summed E-state index contributed by atoms with van der Waals surface area (Å²) in [6.07, 6.45) is 0. The van der Waals surface area contributed by atoms with Gasteiger partial charge < -0.3 is 43.6 Å². The van der Waals surface area contributed by atoms with Gasteiger partial charge in [0.25, 0.3) is 5.97 Å². The van der Waals surface area contributed by atoms with Gasteiger partial charge in [-0.3, -0.25) is 4.79 Å². The first-order valence-corrected chi connectivity index (χ1v) is 5.31. The number of carboxylic acids is 1. The van der Waals surface area contributed by atoms with Crippen LogP contribution in [0.1, 0.15) is 6.92 Å². The second-order valence-corrected chi connectivity index (χ2v) is 3.20. The van der Waals surface area contributed by atoms with E-state index in [0.717, 1.165) is 6.92 Å². The van der Waals surface area contributed by atoms with Crippen molar-refractivity contribution < 1.29 is 48.4 Å². The normalized spacial score (nSPS) is 8.41. The van der Waals surface area contributed by atoms with E-state index in [1.54, 1.807) is 0 Å². The zero-order chi connectivity index (χ0) is 12.6. The van der Waals surface area contributed by atoms with E-state index < -0.39 is 21.6 Å². The van der Waals surface area contributed by atoms with Crippen molar-refractivity contribution >= 4 is 105 Å². The summed E-state index contributed by atoms with van der Waals surface area (Å²) >= 11 is 0. The molecule has 0 heterocycles. The van der Waals surface area contributed by atoms with Crippen molar-refractivity contribution in [2.75, 3.05) is 0 Å². The van der Waals surface area contributed by atoms with E-state index in [9.17, 15) is 0 Å². The minimum Gasteiger partial charge on any atom is -0.822 e. The molecule has 0 fully saturated rings. The monoisotopic (exact) mass is 338 g/mol. The molecule has 17 heavy (non-hydrogen) atoms. The quantitative estimate of drug-likeness (QED) is 0.325. The molecule has 0 unspecified atom stereocenters. The fraction of sp³-hybridized carbons (Fsp3) is 0.500. The number of rotatable bonds is 0. The Morgan fingerprint density at radius 2 is 0.882 bits per heavy atom. The van der Waals surface area contributed by atoms with Crippen LogP contribution in [0, 0.1) is 0 Å². The van der Waals surface area contributed by atoms with Gasteiger partial charge in [0, 0.05) is 6.92 Å². The van der Waals surface area contributed by atoms with Gasteiger partial charge in [-0.1, -0.05) is 0 Å². The SMILES string of the molecule is CC(=O)O.O=P([O-])([O-])[O-].O=P([O-])([O-])[O-].[Ca+2].[Mg+2].[Mg+2]. The first-order valence-electron chi connectivity index (χ1n) is 2.39. The van der Waals surface area contributed by atoms with Crippen LogP contribution in [0.15, 0.2) is 0 Å². The van der Waals surface area contributed by atoms with Gasteiger partial charge in [0.15, 0.2) is 0 Å². The molecule has 1 N–H and O–H groups in total. The van der Waals surface area contributed by atoms with Gasteiger partial charge in [-0.05, 0) is 0 Å². The molecule has 88 valence electrons. The van der Waals surface area contributed by atoms with Crippen LogP contribution in [0.5, 0.6) is 0 Å². The number of carbonyl (C=O) groups is 1. The maximum absolute atomic E-state index is 9.00. The van der Waals surface area contributed by atoms with E-state index in [2.05, 4.69) is 0 Å². The van der Waals surface area contributed by atoms with Gasteiger partial charge in [-0.2, -0.15) is 15.6 Å². The first-order chi connectivity index (χ1) is 5.73. The van der Waals surface area contributed by atoms with Crippen LogP contribution in [0.2, 0.25) is 0 Å². The van der Waals surface area contributed by atoms with Gasteiger partial charge >= 0.3 is 83.8 Å². The zero-order valence-corrected chi connectivity index (χ0v) is 15.5. The summed E-state index contributed by atoms with van der Waals surface area (Å²) in [5, 5.41) is 7.42. The summed E-state index contributed by atoms with van der Waals surface area (Å²) in [7, 11) is -10.8. The van der Waals surface area contributed by atoms with Gasteiger partial charge in [0.05, 0.1) is 0 Å². The van der Waals surface area contributed by atoms with Crippen molar-refractivity contribution in [3.8, 4) is 0 Å². The fourth-order valence-electron chi connectivity index (χ4n) is 0. The fourth-order valence-corrected chi connectivity index (χ4v) is 0. The Labute approximate surface area is 159 Å². The Morgan fingerprint density at radius 1 is 0.882 bits per heavy atom. The predicted octanol–water partition coefficient (Wildman–Crippen LogP) is -6.70. The number of hydrogen-bond donors (Lipinski definition) is 1. The van der Waals surface area contributed by atoms with E-state index in [1.807, 2.05) is 0 Å². The Kier molecular flexibility index (Phi) is 39.8. The smallest absolute Gasteiger partial charge is 0.822 e. The molecule has 0 aromatic rings. The summed E-state index contributed by atoms with van der Waals surface area (Å²) in [4.78, 5) is 60.3. The van der Waals surface area contributed by atoms with Crippen LogP contribution in [-0.4, -0.2) is 94.9 Å². The summed E-state index contributed by atoms with van der Waals surface area (Å²) in [6.45, 7) is 1.08. The molecule has 0 aromatic heterocycles. The van der Waals surface area contributed by atoms with Crippen LogP contribution >= 0.6 is 15.6 Å². The minimum absolute atomic E-state index is 0. The summed E-state index contributed by atoms with van der Waals surface area (Å²) in [5.41, 5.74) is 0. The first kappa shape index (κ1) is 36.6. The molecule has 0 bridgehead atoms. The van der Waals surface area contributed by atoms with Crippen LogP contribution in [-0.2, 0) is 13.9 Å². The maximum Gasteiger partial charge on any atom is 2.00 e. The van der Waals surface area contributed by atoms with Gasteiger partial charge in [-0.25, -0.2) is 0 Å². The van der Waals surface area contributed by atoms with Gasteiger partial charge in [-0.15, -0.1) is 0 Å². The molecule has 0 atom stereocenters. The molecular weight excluding hydrogens is 335 g/mol. The third kappa shape index (κ3) is 815. The van der Waals surface area contributed by atoms with E-state index in [-0.39, 0.29) is 83.8 Å².